The number of ether oxygens (including phenoxy) is 1. The molecule has 0 aromatic heterocycles. The van der Waals surface area contributed by atoms with Crippen LogP contribution in [0.4, 0.5) is 11.4 Å². The number of benzene rings is 2. The number of para-hydroxylation sites is 1. The van der Waals surface area contributed by atoms with Crippen LogP contribution in [0.1, 0.15) is 22.8 Å². The summed E-state index contributed by atoms with van der Waals surface area (Å²) in [6, 6.07) is 14.6. The Morgan fingerprint density at radius 2 is 1.71 bits per heavy atom. The van der Waals surface area contributed by atoms with Crippen molar-refractivity contribution in [1.82, 2.24) is 0 Å². The fourth-order valence-electron chi connectivity index (χ4n) is 2.25. The Labute approximate surface area is 142 Å². The standard InChI is InChI=1S/C19H22N2O3/c1-4-14-7-5-6-8-17(14)20-18(22)13-24-19(23)15-9-11-16(12-10-15)21(2)3/h5-12H,4,13H2,1-3H3,(H,20,22). The Morgan fingerprint density at radius 3 is 2.33 bits per heavy atom. The smallest absolute Gasteiger partial charge is 0.338 e. The zero-order valence-electron chi connectivity index (χ0n) is 14.2. The molecule has 0 unspecified atom stereocenters. The Hall–Kier alpha value is -2.82. The van der Waals surface area contributed by atoms with E-state index in [1.54, 1.807) is 12.1 Å². The first kappa shape index (κ1) is 17.5. The van der Waals surface area contributed by atoms with E-state index < -0.39 is 5.97 Å². The molecule has 2 aromatic rings. The summed E-state index contributed by atoms with van der Waals surface area (Å²) in [7, 11) is 3.84. The van der Waals surface area contributed by atoms with Crippen LogP contribution in [0.15, 0.2) is 48.5 Å². The van der Waals surface area contributed by atoms with Crippen LogP contribution in [0.2, 0.25) is 0 Å². The maximum absolute atomic E-state index is 12.0. The maximum Gasteiger partial charge on any atom is 0.338 e. The van der Waals surface area contributed by atoms with E-state index in [0.29, 0.717) is 5.56 Å². The Kier molecular flexibility index (Phi) is 5.95. The average molecular weight is 326 g/mol. The van der Waals surface area contributed by atoms with Crippen molar-refractivity contribution < 1.29 is 14.3 Å². The summed E-state index contributed by atoms with van der Waals surface area (Å²) in [5.74, 6) is -0.867. The molecule has 0 spiro atoms. The third-order valence-corrected chi connectivity index (χ3v) is 3.63. The summed E-state index contributed by atoms with van der Waals surface area (Å²) in [4.78, 5) is 25.9. The summed E-state index contributed by atoms with van der Waals surface area (Å²) >= 11 is 0. The van der Waals surface area contributed by atoms with E-state index in [1.807, 2.05) is 62.3 Å². The lowest BCUT2D eigenvalue weighted by molar-refractivity contribution is -0.119. The number of nitrogens with one attached hydrogen (secondary N) is 1. The third-order valence-electron chi connectivity index (χ3n) is 3.63. The number of anilines is 2. The highest BCUT2D eigenvalue weighted by Gasteiger charge is 2.11. The molecule has 0 fully saturated rings. The molecule has 0 saturated carbocycles. The molecular weight excluding hydrogens is 304 g/mol. The SMILES string of the molecule is CCc1ccccc1NC(=O)COC(=O)c1ccc(N(C)C)cc1. The van der Waals surface area contributed by atoms with Crippen molar-refractivity contribution in [3.05, 3.63) is 59.7 Å². The van der Waals surface area contributed by atoms with Crippen LogP contribution in [0.5, 0.6) is 0 Å². The number of esters is 1. The van der Waals surface area contributed by atoms with Gasteiger partial charge in [0.25, 0.3) is 5.91 Å². The predicted octanol–water partition coefficient (Wildman–Crippen LogP) is 3.11. The van der Waals surface area contributed by atoms with Gasteiger partial charge in [-0.15, -0.1) is 0 Å². The molecule has 0 radical (unpaired) electrons. The van der Waals surface area contributed by atoms with Crippen LogP contribution >= 0.6 is 0 Å². The van der Waals surface area contributed by atoms with E-state index in [4.69, 9.17) is 4.74 Å². The zero-order valence-corrected chi connectivity index (χ0v) is 14.2. The number of carbonyl (C=O) groups excluding carboxylic acids is 2. The van der Waals surface area contributed by atoms with Gasteiger partial charge >= 0.3 is 5.97 Å². The van der Waals surface area contributed by atoms with Gasteiger partial charge in [-0.05, 0) is 42.3 Å². The number of amides is 1. The van der Waals surface area contributed by atoms with Crippen LogP contribution in [-0.4, -0.2) is 32.6 Å². The van der Waals surface area contributed by atoms with Gasteiger partial charge in [0, 0.05) is 25.5 Å². The van der Waals surface area contributed by atoms with Crippen LogP contribution in [0, 0.1) is 0 Å². The first-order valence-corrected chi connectivity index (χ1v) is 7.83. The van der Waals surface area contributed by atoms with Crippen molar-refractivity contribution in [2.45, 2.75) is 13.3 Å². The fourth-order valence-corrected chi connectivity index (χ4v) is 2.25. The minimum absolute atomic E-state index is 0.313. The lowest BCUT2D eigenvalue weighted by atomic mass is 10.1. The summed E-state index contributed by atoms with van der Waals surface area (Å²) in [6.45, 7) is 1.70. The van der Waals surface area contributed by atoms with Crippen LogP contribution in [0.25, 0.3) is 0 Å². The average Bonchev–Trinajstić information content (AvgIpc) is 2.60. The lowest BCUT2D eigenvalue weighted by Crippen LogP contribution is -2.21. The van der Waals surface area contributed by atoms with Crippen molar-refractivity contribution in [1.29, 1.82) is 0 Å². The molecule has 0 aliphatic carbocycles. The monoisotopic (exact) mass is 326 g/mol. The van der Waals surface area contributed by atoms with Gasteiger partial charge in [-0.25, -0.2) is 4.79 Å². The molecule has 2 rings (SSSR count). The minimum atomic E-state index is -0.515. The van der Waals surface area contributed by atoms with Crippen molar-refractivity contribution >= 4 is 23.3 Å². The molecule has 0 saturated heterocycles. The van der Waals surface area contributed by atoms with Crippen LogP contribution in [0.3, 0.4) is 0 Å². The normalized spacial score (nSPS) is 10.1. The van der Waals surface area contributed by atoms with Gasteiger partial charge in [0.05, 0.1) is 5.56 Å². The molecule has 0 aliphatic rings. The van der Waals surface area contributed by atoms with E-state index in [-0.39, 0.29) is 12.5 Å². The molecule has 0 heterocycles. The second kappa shape index (κ2) is 8.15. The van der Waals surface area contributed by atoms with Gasteiger partial charge in [0.2, 0.25) is 0 Å². The van der Waals surface area contributed by atoms with Gasteiger partial charge in [0.1, 0.15) is 0 Å². The van der Waals surface area contributed by atoms with Crippen molar-refractivity contribution in [2.24, 2.45) is 0 Å². The predicted molar refractivity (Wildman–Crippen MR) is 95.5 cm³/mol. The molecule has 5 nitrogen and oxygen atoms in total. The largest absolute Gasteiger partial charge is 0.452 e. The van der Waals surface area contributed by atoms with Gasteiger partial charge in [-0.1, -0.05) is 25.1 Å². The molecule has 0 atom stereocenters. The first-order chi connectivity index (χ1) is 11.5. The molecule has 1 amide bonds. The summed E-state index contributed by atoms with van der Waals surface area (Å²) < 4.78 is 5.07. The quantitative estimate of drug-likeness (QED) is 0.829. The molecule has 24 heavy (non-hydrogen) atoms. The van der Waals surface area contributed by atoms with E-state index in [2.05, 4.69) is 5.32 Å². The van der Waals surface area contributed by atoms with Gasteiger partial charge in [-0.2, -0.15) is 0 Å². The highest BCUT2D eigenvalue weighted by Crippen LogP contribution is 2.15. The Bertz CT molecular complexity index is 709. The number of nitrogens with zero attached hydrogens (tertiary/aromatic N) is 1. The number of aryl methyl sites for hydroxylation is 1. The second-order valence-electron chi connectivity index (χ2n) is 5.58. The number of carbonyl (C=O) groups is 2. The van der Waals surface area contributed by atoms with Crippen molar-refractivity contribution in [3.8, 4) is 0 Å². The summed E-state index contributed by atoms with van der Waals surface area (Å²) in [5.41, 5.74) is 3.19. The van der Waals surface area contributed by atoms with Crippen LogP contribution in [-0.2, 0) is 16.0 Å². The van der Waals surface area contributed by atoms with Crippen LogP contribution < -0.4 is 10.2 Å². The Morgan fingerprint density at radius 1 is 1.04 bits per heavy atom. The second-order valence-corrected chi connectivity index (χ2v) is 5.58. The highest BCUT2D eigenvalue weighted by atomic mass is 16.5. The maximum atomic E-state index is 12.0. The molecule has 0 bridgehead atoms. The summed E-state index contributed by atoms with van der Waals surface area (Å²) in [6.07, 6.45) is 0.814. The van der Waals surface area contributed by atoms with E-state index in [0.717, 1.165) is 23.4 Å². The minimum Gasteiger partial charge on any atom is -0.452 e. The highest BCUT2D eigenvalue weighted by molar-refractivity contribution is 5.96. The molecule has 5 heteroatoms. The fraction of sp³-hybridized carbons (Fsp3) is 0.263. The molecule has 2 aromatic carbocycles. The van der Waals surface area contributed by atoms with Gasteiger partial charge < -0.3 is 15.0 Å². The van der Waals surface area contributed by atoms with Gasteiger partial charge in [0.15, 0.2) is 6.61 Å². The van der Waals surface area contributed by atoms with Crippen molar-refractivity contribution in [3.63, 3.8) is 0 Å². The van der Waals surface area contributed by atoms with E-state index >= 15 is 0 Å². The molecule has 126 valence electrons. The first-order valence-electron chi connectivity index (χ1n) is 7.83. The lowest BCUT2D eigenvalue weighted by Gasteiger charge is -2.12. The topological polar surface area (TPSA) is 58.6 Å². The molecule has 0 aliphatic heterocycles. The third kappa shape index (κ3) is 4.59. The Balaban J connectivity index is 1.90. The van der Waals surface area contributed by atoms with E-state index in [9.17, 15) is 9.59 Å². The number of hydrogen-bond acceptors (Lipinski definition) is 4. The number of rotatable bonds is 6. The van der Waals surface area contributed by atoms with E-state index in [1.165, 1.54) is 0 Å². The number of hydrogen-bond donors (Lipinski definition) is 1. The zero-order chi connectivity index (χ0) is 17.5. The summed E-state index contributed by atoms with van der Waals surface area (Å²) in [5, 5.41) is 2.77. The molecular formula is C19H22N2O3. The van der Waals surface area contributed by atoms with Gasteiger partial charge in [-0.3, -0.25) is 4.79 Å². The molecule has 1 N–H and O–H groups in total. The van der Waals surface area contributed by atoms with Crippen molar-refractivity contribution in [2.75, 3.05) is 30.9 Å².